The van der Waals surface area contributed by atoms with E-state index < -0.39 is 6.10 Å². The number of rotatable bonds is 9. The maximum atomic E-state index is 9.66. The van der Waals surface area contributed by atoms with E-state index in [1.54, 1.807) is 0 Å². The third-order valence-electron chi connectivity index (χ3n) is 2.67. The van der Waals surface area contributed by atoms with Crippen molar-refractivity contribution in [3.8, 4) is 5.75 Å². The number of aliphatic hydroxyl groups excluding tert-OH is 2. The lowest BCUT2D eigenvalue weighted by Gasteiger charge is -2.13. The first-order valence-corrected chi connectivity index (χ1v) is 6.47. The third kappa shape index (κ3) is 6.00. The lowest BCUT2D eigenvalue weighted by molar-refractivity contribution is 0.106. The summed E-state index contributed by atoms with van der Waals surface area (Å²) in [6.45, 7) is 3.74. The van der Waals surface area contributed by atoms with Crippen LogP contribution in [0.25, 0.3) is 0 Å². The molecule has 4 heteroatoms. The van der Waals surface area contributed by atoms with Crippen LogP contribution in [-0.2, 0) is 6.42 Å². The van der Waals surface area contributed by atoms with Gasteiger partial charge in [0, 0.05) is 13.2 Å². The average molecular weight is 253 g/mol. The lowest BCUT2D eigenvalue weighted by atomic mass is 10.2. The molecule has 1 unspecified atom stereocenters. The molecule has 0 aromatic heterocycles. The summed E-state index contributed by atoms with van der Waals surface area (Å²) in [5, 5.41) is 21.3. The molecule has 0 aliphatic heterocycles. The van der Waals surface area contributed by atoms with Crippen molar-refractivity contribution in [2.45, 2.75) is 25.9 Å². The highest BCUT2D eigenvalue weighted by Gasteiger charge is 2.04. The Morgan fingerprint density at radius 1 is 1.28 bits per heavy atom. The van der Waals surface area contributed by atoms with Gasteiger partial charge in [0.25, 0.3) is 0 Å². The molecule has 0 aliphatic rings. The largest absolute Gasteiger partial charge is 0.491 e. The zero-order valence-corrected chi connectivity index (χ0v) is 10.9. The van der Waals surface area contributed by atoms with Crippen LogP contribution in [0.2, 0.25) is 0 Å². The van der Waals surface area contributed by atoms with E-state index in [0.717, 1.165) is 12.2 Å². The fraction of sp³-hybridized carbons (Fsp3) is 0.571. The summed E-state index contributed by atoms with van der Waals surface area (Å²) in [5.74, 6) is 0.779. The van der Waals surface area contributed by atoms with Crippen molar-refractivity contribution >= 4 is 0 Å². The zero-order valence-electron chi connectivity index (χ0n) is 10.9. The van der Waals surface area contributed by atoms with Crippen molar-refractivity contribution in [3.05, 3.63) is 29.8 Å². The van der Waals surface area contributed by atoms with Crippen molar-refractivity contribution in [1.82, 2.24) is 5.32 Å². The Kier molecular flexibility index (Phi) is 7.41. The predicted octanol–water partition coefficient (Wildman–Crippen LogP) is 0.961. The molecular weight excluding hydrogens is 230 g/mol. The number of aryl methyl sites for hydroxylation is 1. The first-order chi connectivity index (χ1) is 8.76. The van der Waals surface area contributed by atoms with E-state index in [1.807, 2.05) is 24.3 Å². The van der Waals surface area contributed by atoms with Gasteiger partial charge < -0.3 is 20.3 Å². The van der Waals surface area contributed by atoms with E-state index in [4.69, 9.17) is 9.84 Å². The normalized spacial score (nSPS) is 12.4. The summed E-state index contributed by atoms with van der Waals surface area (Å²) < 4.78 is 5.48. The highest BCUT2D eigenvalue weighted by atomic mass is 16.5. The smallest absolute Gasteiger partial charge is 0.119 e. The van der Waals surface area contributed by atoms with Gasteiger partial charge in [-0.1, -0.05) is 19.1 Å². The van der Waals surface area contributed by atoms with Gasteiger partial charge in [-0.3, -0.25) is 0 Å². The molecule has 0 amide bonds. The fourth-order valence-electron chi connectivity index (χ4n) is 1.55. The maximum absolute atomic E-state index is 9.66. The molecule has 0 aliphatic carbocycles. The monoisotopic (exact) mass is 253 g/mol. The maximum Gasteiger partial charge on any atom is 0.119 e. The number of nitrogens with one attached hydrogen (secondary N) is 1. The number of aliphatic hydroxyl groups is 2. The molecule has 102 valence electrons. The molecule has 0 radical (unpaired) electrons. The summed E-state index contributed by atoms with van der Waals surface area (Å²) in [6, 6.07) is 7.90. The van der Waals surface area contributed by atoms with E-state index in [-0.39, 0.29) is 13.2 Å². The van der Waals surface area contributed by atoms with Crippen LogP contribution in [0, 0.1) is 0 Å². The Hall–Kier alpha value is -1.10. The number of hydrogen-bond acceptors (Lipinski definition) is 4. The fourth-order valence-corrected chi connectivity index (χ4v) is 1.55. The molecule has 0 spiro atoms. The topological polar surface area (TPSA) is 61.7 Å². The Morgan fingerprint density at radius 2 is 2.00 bits per heavy atom. The summed E-state index contributed by atoms with van der Waals surface area (Å²) in [4.78, 5) is 0. The molecule has 0 saturated carbocycles. The van der Waals surface area contributed by atoms with E-state index in [1.165, 1.54) is 5.56 Å². The van der Waals surface area contributed by atoms with Crippen molar-refractivity contribution < 1.29 is 14.9 Å². The molecule has 0 bridgehead atoms. The van der Waals surface area contributed by atoms with Crippen molar-refractivity contribution in [2.75, 3.05) is 26.3 Å². The molecule has 18 heavy (non-hydrogen) atoms. The molecule has 0 heterocycles. The molecule has 0 fully saturated rings. The van der Waals surface area contributed by atoms with Crippen LogP contribution in [0.4, 0.5) is 0 Å². The molecule has 3 N–H and O–H groups in total. The van der Waals surface area contributed by atoms with Gasteiger partial charge in [0.15, 0.2) is 0 Å². The van der Waals surface area contributed by atoms with Crippen molar-refractivity contribution in [1.29, 1.82) is 0 Å². The first kappa shape index (κ1) is 15.0. The van der Waals surface area contributed by atoms with Crippen LogP contribution in [0.15, 0.2) is 24.3 Å². The predicted molar refractivity (Wildman–Crippen MR) is 71.9 cm³/mol. The summed E-state index contributed by atoms with van der Waals surface area (Å²) in [6.07, 6.45) is 1.18. The van der Waals surface area contributed by atoms with Crippen LogP contribution in [0.3, 0.4) is 0 Å². The minimum Gasteiger partial charge on any atom is -0.491 e. The summed E-state index contributed by atoms with van der Waals surface area (Å²) >= 11 is 0. The molecule has 1 atom stereocenters. The Labute approximate surface area is 109 Å². The van der Waals surface area contributed by atoms with Gasteiger partial charge in [-0.05, 0) is 37.1 Å². The van der Waals surface area contributed by atoms with Crippen LogP contribution in [0.1, 0.15) is 18.9 Å². The van der Waals surface area contributed by atoms with Gasteiger partial charge in [-0.2, -0.15) is 0 Å². The highest BCUT2D eigenvalue weighted by molar-refractivity contribution is 5.27. The minimum absolute atomic E-state index is 0.170. The minimum atomic E-state index is -0.533. The van der Waals surface area contributed by atoms with Gasteiger partial charge in [-0.15, -0.1) is 0 Å². The molecule has 4 nitrogen and oxygen atoms in total. The van der Waals surface area contributed by atoms with E-state index in [2.05, 4.69) is 12.2 Å². The Bertz CT molecular complexity index is 313. The van der Waals surface area contributed by atoms with Crippen molar-refractivity contribution in [2.24, 2.45) is 0 Å². The van der Waals surface area contributed by atoms with Gasteiger partial charge >= 0.3 is 0 Å². The molecule has 0 saturated heterocycles. The second-order valence-electron chi connectivity index (χ2n) is 4.24. The van der Waals surface area contributed by atoms with Gasteiger partial charge in [0.05, 0.1) is 0 Å². The van der Waals surface area contributed by atoms with Crippen LogP contribution in [0.5, 0.6) is 5.75 Å². The first-order valence-electron chi connectivity index (χ1n) is 6.47. The second kappa shape index (κ2) is 8.91. The van der Waals surface area contributed by atoms with Crippen LogP contribution in [-0.4, -0.2) is 42.6 Å². The SMILES string of the molecule is CCc1ccc(OCC(O)CNCCCO)cc1. The molecule has 1 rings (SSSR count). The average Bonchev–Trinajstić information content (AvgIpc) is 2.42. The van der Waals surface area contributed by atoms with Gasteiger partial charge in [0.2, 0.25) is 0 Å². The molecule has 1 aromatic carbocycles. The van der Waals surface area contributed by atoms with Gasteiger partial charge in [-0.25, -0.2) is 0 Å². The van der Waals surface area contributed by atoms with E-state index in [0.29, 0.717) is 19.5 Å². The lowest BCUT2D eigenvalue weighted by Crippen LogP contribution is -2.32. The summed E-state index contributed by atoms with van der Waals surface area (Å²) in [5.41, 5.74) is 1.27. The number of hydrogen-bond donors (Lipinski definition) is 3. The zero-order chi connectivity index (χ0) is 13.2. The highest BCUT2D eigenvalue weighted by Crippen LogP contribution is 2.12. The Balaban J connectivity index is 2.18. The Morgan fingerprint density at radius 3 is 2.61 bits per heavy atom. The van der Waals surface area contributed by atoms with Gasteiger partial charge in [0.1, 0.15) is 18.5 Å². The number of benzene rings is 1. The van der Waals surface area contributed by atoms with Crippen LogP contribution >= 0.6 is 0 Å². The molecule has 1 aromatic rings. The van der Waals surface area contributed by atoms with Crippen LogP contribution < -0.4 is 10.1 Å². The third-order valence-corrected chi connectivity index (χ3v) is 2.67. The number of ether oxygens (including phenoxy) is 1. The standard InChI is InChI=1S/C14H23NO3/c1-2-12-4-6-14(7-5-12)18-11-13(17)10-15-8-3-9-16/h4-7,13,15-17H,2-3,8-11H2,1H3. The second-order valence-corrected chi connectivity index (χ2v) is 4.24. The van der Waals surface area contributed by atoms with Crippen molar-refractivity contribution in [3.63, 3.8) is 0 Å². The summed E-state index contributed by atoms with van der Waals surface area (Å²) in [7, 11) is 0. The molecular formula is C14H23NO3. The van der Waals surface area contributed by atoms with E-state index >= 15 is 0 Å². The quantitative estimate of drug-likeness (QED) is 0.574. The van der Waals surface area contributed by atoms with E-state index in [9.17, 15) is 5.11 Å².